The van der Waals surface area contributed by atoms with Crippen molar-refractivity contribution in [3.05, 3.63) is 0 Å². The fraction of sp³-hybridized carbons (Fsp3) is 0.938. The molecule has 0 aliphatic carbocycles. The van der Waals surface area contributed by atoms with Gasteiger partial charge in [-0.25, -0.2) is 0 Å². The predicted molar refractivity (Wildman–Crippen MR) is 95.9 cm³/mol. The van der Waals surface area contributed by atoms with E-state index in [1.54, 1.807) is 7.11 Å². The molecule has 2 aliphatic rings. The molecule has 2 heterocycles. The molecule has 1 N–H and O–H groups in total. The van der Waals surface area contributed by atoms with Gasteiger partial charge < -0.3 is 15.0 Å². The van der Waals surface area contributed by atoms with Crippen molar-refractivity contribution < 1.29 is 4.74 Å². The van der Waals surface area contributed by atoms with Crippen molar-refractivity contribution in [3.63, 3.8) is 0 Å². The van der Waals surface area contributed by atoms with E-state index in [1.807, 2.05) is 7.05 Å². The first-order chi connectivity index (χ1) is 10.8. The number of aliphatic imine (C=N–C) groups is 1. The maximum absolute atomic E-state index is 5.22. The van der Waals surface area contributed by atoms with Gasteiger partial charge in [0.15, 0.2) is 5.96 Å². The second-order valence-corrected chi connectivity index (χ2v) is 7.51. The first-order valence-electron chi connectivity index (χ1n) is 8.58. The van der Waals surface area contributed by atoms with Crippen molar-refractivity contribution in [3.8, 4) is 0 Å². The van der Waals surface area contributed by atoms with Gasteiger partial charge in [-0.3, -0.25) is 9.89 Å². The quantitative estimate of drug-likeness (QED) is 0.591. The van der Waals surface area contributed by atoms with E-state index >= 15 is 0 Å². The smallest absolute Gasteiger partial charge is 0.193 e. The molecule has 2 atom stereocenters. The van der Waals surface area contributed by atoms with Crippen LogP contribution in [0.4, 0.5) is 0 Å². The van der Waals surface area contributed by atoms with Crippen LogP contribution in [0.15, 0.2) is 4.99 Å². The standard InChI is InChI=1S/C16H32N4OS/c1-4-15-13-20(9-11-22-15)16(17-2)18-12-14-6-5-7-19(14)8-10-21-3/h14-15H,4-13H2,1-3H3,(H,17,18). The monoisotopic (exact) mass is 328 g/mol. The van der Waals surface area contributed by atoms with E-state index in [9.17, 15) is 0 Å². The summed E-state index contributed by atoms with van der Waals surface area (Å²) in [6, 6.07) is 0.619. The van der Waals surface area contributed by atoms with E-state index in [0.717, 1.165) is 44.0 Å². The summed E-state index contributed by atoms with van der Waals surface area (Å²) in [5.41, 5.74) is 0. The molecule has 2 unspecified atom stereocenters. The SMILES string of the molecule is CCC1CN(C(=NC)NCC2CCCN2CCOC)CCS1. The molecular weight excluding hydrogens is 296 g/mol. The van der Waals surface area contributed by atoms with Crippen LogP contribution < -0.4 is 5.32 Å². The summed E-state index contributed by atoms with van der Waals surface area (Å²) in [6.45, 7) is 8.58. The Labute approximate surface area is 139 Å². The lowest BCUT2D eigenvalue weighted by molar-refractivity contribution is 0.141. The second-order valence-electron chi connectivity index (χ2n) is 6.10. The van der Waals surface area contributed by atoms with Crippen LogP contribution in [0.2, 0.25) is 0 Å². The molecule has 22 heavy (non-hydrogen) atoms. The van der Waals surface area contributed by atoms with Crippen molar-refractivity contribution in [2.24, 2.45) is 4.99 Å². The molecule has 5 nitrogen and oxygen atoms in total. The lowest BCUT2D eigenvalue weighted by Gasteiger charge is -2.35. The first kappa shape index (κ1) is 17.9. The number of guanidine groups is 1. The average molecular weight is 329 g/mol. The summed E-state index contributed by atoms with van der Waals surface area (Å²) in [6.07, 6.45) is 3.82. The van der Waals surface area contributed by atoms with Crippen molar-refractivity contribution in [1.29, 1.82) is 0 Å². The summed E-state index contributed by atoms with van der Waals surface area (Å²) < 4.78 is 5.22. The van der Waals surface area contributed by atoms with Gasteiger partial charge in [0.1, 0.15) is 0 Å². The highest BCUT2D eigenvalue weighted by atomic mass is 32.2. The Morgan fingerprint density at radius 3 is 3.00 bits per heavy atom. The summed E-state index contributed by atoms with van der Waals surface area (Å²) in [5, 5.41) is 4.36. The third-order valence-corrected chi connectivity index (χ3v) is 6.06. The van der Waals surface area contributed by atoms with E-state index in [4.69, 9.17) is 4.74 Å². The predicted octanol–water partition coefficient (Wildman–Crippen LogP) is 1.50. The summed E-state index contributed by atoms with van der Waals surface area (Å²) in [4.78, 5) is 9.48. The third-order valence-electron chi connectivity index (χ3n) is 4.68. The lowest BCUT2D eigenvalue weighted by atomic mass is 10.2. The highest BCUT2D eigenvalue weighted by Gasteiger charge is 2.26. The van der Waals surface area contributed by atoms with E-state index in [-0.39, 0.29) is 0 Å². The van der Waals surface area contributed by atoms with Crippen LogP contribution >= 0.6 is 11.8 Å². The molecule has 0 aromatic rings. The number of methoxy groups -OCH3 is 1. The molecule has 2 aliphatic heterocycles. The molecule has 0 amide bonds. The summed E-state index contributed by atoms with van der Waals surface area (Å²) in [7, 11) is 3.69. The van der Waals surface area contributed by atoms with Gasteiger partial charge in [-0.1, -0.05) is 6.92 Å². The van der Waals surface area contributed by atoms with E-state index in [1.165, 1.54) is 31.6 Å². The Kier molecular flexibility index (Phi) is 7.83. The van der Waals surface area contributed by atoms with Crippen LogP contribution in [-0.4, -0.2) is 86.3 Å². The number of ether oxygens (including phenoxy) is 1. The Hall–Kier alpha value is -0.460. The number of likely N-dealkylation sites (tertiary alicyclic amines) is 1. The summed E-state index contributed by atoms with van der Waals surface area (Å²) in [5.74, 6) is 2.29. The summed E-state index contributed by atoms with van der Waals surface area (Å²) >= 11 is 2.10. The maximum atomic E-state index is 5.22. The fourth-order valence-corrected chi connectivity index (χ4v) is 4.51. The highest BCUT2D eigenvalue weighted by Crippen LogP contribution is 2.21. The molecule has 0 bridgehead atoms. The van der Waals surface area contributed by atoms with Crippen molar-refractivity contribution >= 4 is 17.7 Å². The number of hydrogen-bond acceptors (Lipinski definition) is 4. The molecule has 128 valence electrons. The van der Waals surface area contributed by atoms with Crippen molar-refractivity contribution in [2.75, 3.05) is 59.2 Å². The highest BCUT2D eigenvalue weighted by molar-refractivity contribution is 8.00. The van der Waals surface area contributed by atoms with Crippen LogP contribution in [0.3, 0.4) is 0 Å². The number of hydrogen-bond donors (Lipinski definition) is 1. The van der Waals surface area contributed by atoms with Gasteiger partial charge in [-0.15, -0.1) is 0 Å². The second kappa shape index (κ2) is 9.63. The molecule has 0 aromatic heterocycles. The molecule has 2 fully saturated rings. The number of nitrogens with zero attached hydrogens (tertiary/aromatic N) is 3. The van der Waals surface area contributed by atoms with Crippen LogP contribution in [0.5, 0.6) is 0 Å². The molecule has 0 aromatic carbocycles. The zero-order valence-corrected chi connectivity index (χ0v) is 15.2. The number of nitrogens with one attached hydrogen (secondary N) is 1. The van der Waals surface area contributed by atoms with Gasteiger partial charge in [0, 0.05) is 57.4 Å². The minimum absolute atomic E-state index is 0.619. The largest absolute Gasteiger partial charge is 0.383 e. The zero-order chi connectivity index (χ0) is 15.8. The van der Waals surface area contributed by atoms with E-state index in [2.05, 4.69) is 38.8 Å². The minimum atomic E-state index is 0.619. The topological polar surface area (TPSA) is 40.1 Å². The minimum Gasteiger partial charge on any atom is -0.383 e. The lowest BCUT2D eigenvalue weighted by Crippen LogP contribution is -2.50. The van der Waals surface area contributed by atoms with E-state index < -0.39 is 0 Å². The van der Waals surface area contributed by atoms with Gasteiger partial charge in [0.2, 0.25) is 0 Å². The average Bonchev–Trinajstić information content (AvgIpc) is 3.01. The number of rotatable bonds is 6. The van der Waals surface area contributed by atoms with Gasteiger partial charge in [0.05, 0.1) is 6.61 Å². The molecule has 0 radical (unpaired) electrons. The van der Waals surface area contributed by atoms with Gasteiger partial charge in [-0.05, 0) is 25.8 Å². The fourth-order valence-electron chi connectivity index (χ4n) is 3.33. The molecule has 0 saturated carbocycles. The van der Waals surface area contributed by atoms with Crippen LogP contribution in [0.25, 0.3) is 0 Å². The zero-order valence-electron chi connectivity index (χ0n) is 14.4. The van der Waals surface area contributed by atoms with Gasteiger partial charge in [-0.2, -0.15) is 11.8 Å². The van der Waals surface area contributed by atoms with Crippen LogP contribution in [0, 0.1) is 0 Å². The molecule has 0 spiro atoms. The normalized spacial score (nSPS) is 27.4. The number of thioether (sulfide) groups is 1. The maximum Gasteiger partial charge on any atom is 0.193 e. The first-order valence-corrected chi connectivity index (χ1v) is 9.63. The van der Waals surface area contributed by atoms with Crippen molar-refractivity contribution in [1.82, 2.24) is 15.1 Å². The Morgan fingerprint density at radius 1 is 1.41 bits per heavy atom. The molecule has 2 saturated heterocycles. The Bertz CT molecular complexity index is 353. The van der Waals surface area contributed by atoms with Crippen LogP contribution in [0.1, 0.15) is 26.2 Å². The van der Waals surface area contributed by atoms with Crippen molar-refractivity contribution in [2.45, 2.75) is 37.5 Å². The van der Waals surface area contributed by atoms with Crippen LogP contribution in [-0.2, 0) is 4.74 Å². The van der Waals surface area contributed by atoms with Gasteiger partial charge in [0.25, 0.3) is 0 Å². The third kappa shape index (κ3) is 5.03. The Balaban J connectivity index is 1.80. The van der Waals surface area contributed by atoms with Gasteiger partial charge >= 0.3 is 0 Å². The molecule has 2 rings (SSSR count). The Morgan fingerprint density at radius 2 is 2.27 bits per heavy atom. The molecular formula is C16H32N4OS. The molecule has 6 heteroatoms. The van der Waals surface area contributed by atoms with E-state index in [0.29, 0.717) is 6.04 Å².